The number of nitrogens with zero attached hydrogens (tertiary/aromatic N) is 1. The zero-order valence-corrected chi connectivity index (χ0v) is 12.7. The molecule has 2 heterocycles. The van der Waals surface area contributed by atoms with E-state index in [0.717, 1.165) is 0 Å². The lowest BCUT2D eigenvalue weighted by Crippen LogP contribution is -3.61. The van der Waals surface area contributed by atoms with Crippen LogP contribution in [0, 0.1) is 6.45 Å². The quantitative estimate of drug-likeness (QED) is 0.521. The fraction of sp³-hybridized carbons (Fsp3) is 0. The number of benzene rings is 1. The van der Waals surface area contributed by atoms with Gasteiger partial charge in [0, 0.05) is 18.2 Å². The topological polar surface area (TPSA) is 37.4 Å². The second-order valence-electron chi connectivity index (χ2n) is 3.83. The van der Waals surface area contributed by atoms with Crippen molar-refractivity contribution in [3.63, 3.8) is 0 Å². The Morgan fingerprint density at radius 3 is 2.21 bits per heavy atom. The number of hydrogen-bond acceptors (Lipinski definition) is 3. The van der Waals surface area contributed by atoms with E-state index in [1.807, 2.05) is 24.3 Å². The summed E-state index contributed by atoms with van der Waals surface area (Å²) >= 11 is 1.60. The van der Waals surface area contributed by atoms with Gasteiger partial charge in [-0.1, -0.05) is 11.3 Å². The third-order valence-corrected chi connectivity index (χ3v) is 6.75. The highest BCUT2D eigenvalue weighted by molar-refractivity contribution is 7.07. The molecular formula is C14H9INO2S+. The number of anilines is 1. The van der Waals surface area contributed by atoms with Gasteiger partial charge in [-0.25, -0.2) is 4.90 Å². The third kappa shape index (κ3) is 2.62. The number of thiophene rings is 1. The van der Waals surface area contributed by atoms with E-state index >= 15 is 0 Å². The van der Waals surface area contributed by atoms with E-state index in [4.69, 9.17) is 0 Å². The number of rotatable bonds is 3. The molecule has 0 saturated carbocycles. The Balaban J connectivity index is 1.79. The fourth-order valence-electron chi connectivity index (χ4n) is 1.73. The molecule has 1 aliphatic rings. The van der Waals surface area contributed by atoms with Crippen LogP contribution in [0.25, 0.3) is 0 Å². The van der Waals surface area contributed by atoms with E-state index in [-0.39, 0.29) is 33.0 Å². The summed E-state index contributed by atoms with van der Waals surface area (Å²) in [6.07, 6.45) is 2.60. The number of carbonyl (C=O) groups is 2. The molecule has 1 aromatic heterocycles. The standard InChI is InChI=1S/C14H9INO2S/c17-13-7-8-14(18)16(13)11-5-3-10(4-6-11)15-12-2-1-9-19-12/h1-9H/q+1. The molecule has 0 spiro atoms. The van der Waals surface area contributed by atoms with Crippen LogP contribution in [0.1, 0.15) is 0 Å². The van der Waals surface area contributed by atoms with Crippen molar-refractivity contribution in [3.8, 4) is 0 Å². The summed E-state index contributed by atoms with van der Waals surface area (Å²) in [4.78, 5) is 24.3. The number of hydrogen-bond donors (Lipinski definition) is 0. The van der Waals surface area contributed by atoms with Gasteiger partial charge in [-0.15, -0.1) is 0 Å². The minimum absolute atomic E-state index is 0.168. The molecule has 0 saturated heterocycles. The van der Waals surface area contributed by atoms with Gasteiger partial charge in [0.15, 0.2) is 3.57 Å². The van der Waals surface area contributed by atoms with Crippen molar-refractivity contribution in [2.24, 2.45) is 0 Å². The van der Waals surface area contributed by atoms with Gasteiger partial charge in [-0.2, -0.15) is 0 Å². The molecule has 0 radical (unpaired) electrons. The van der Waals surface area contributed by atoms with Crippen LogP contribution in [0.3, 0.4) is 0 Å². The minimum atomic E-state index is -0.272. The van der Waals surface area contributed by atoms with Crippen molar-refractivity contribution in [3.05, 3.63) is 60.4 Å². The molecule has 1 aliphatic heterocycles. The van der Waals surface area contributed by atoms with Crippen LogP contribution in [0.4, 0.5) is 5.69 Å². The van der Waals surface area contributed by atoms with Crippen LogP contribution in [-0.4, -0.2) is 11.8 Å². The summed E-state index contributed by atoms with van der Waals surface area (Å²) in [5.74, 6) is -0.545. The van der Waals surface area contributed by atoms with Crippen molar-refractivity contribution < 1.29 is 30.8 Å². The molecule has 0 atom stereocenters. The average molecular weight is 382 g/mol. The first kappa shape index (κ1) is 12.6. The molecule has 0 unspecified atom stereocenters. The summed E-state index contributed by atoms with van der Waals surface area (Å²) in [5, 5.41) is 2.08. The largest absolute Gasteiger partial charge is 0.369 e. The summed E-state index contributed by atoms with van der Waals surface area (Å²) in [6, 6.07) is 11.9. The number of amides is 2. The molecule has 2 aromatic rings. The fourth-order valence-corrected chi connectivity index (χ4v) is 5.36. The monoisotopic (exact) mass is 382 g/mol. The van der Waals surface area contributed by atoms with Crippen LogP contribution in [0.5, 0.6) is 0 Å². The highest BCUT2D eigenvalue weighted by Gasteiger charge is 2.25. The van der Waals surface area contributed by atoms with Crippen LogP contribution >= 0.6 is 11.3 Å². The molecule has 0 aliphatic carbocycles. The third-order valence-electron chi connectivity index (χ3n) is 2.58. The SMILES string of the molecule is O=C1C=CC(=O)N1c1ccc([I+]c2cccs2)cc1. The van der Waals surface area contributed by atoms with Crippen molar-refractivity contribution >= 4 is 28.8 Å². The molecule has 0 N–H and O–H groups in total. The Hall–Kier alpha value is -1.47. The molecule has 0 bridgehead atoms. The zero-order valence-electron chi connectivity index (χ0n) is 9.75. The lowest BCUT2D eigenvalue weighted by atomic mass is 10.3. The van der Waals surface area contributed by atoms with E-state index < -0.39 is 0 Å². The zero-order chi connectivity index (χ0) is 13.2. The van der Waals surface area contributed by atoms with Crippen molar-refractivity contribution in [1.82, 2.24) is 0 Å². The van der Waals surface area contributed by atoms with Crippen molar-refractivity contribution in [2.75, 3.05) is 4.90 Å². The normalized spacial score (nSPS) is 14.4. The molecule has 2 amide bonds. The minimum Gasteiger partial charge on any atom is -0.269 e. The van der Waals surface area contributed by atoms with Gasteiger partial charge in [0.05, 0.1) is 5.69 Å². The molecule has 0 fully saturated rings. The summed E-state index contributed by atoms with van der Waals surface area (Å²) < 4.78 is 2.68. The maximum atomic E-state index is 11.6. The summed E-state index contributed by atoms with van der Waals surface area (Å²) in [6.45, 7) is 0. The second kappa shape index (κ2) is 5.26. The van der Waals surface area contributed by atoms with Gasteiger partial charge in [-0.3, -0.25) is 9.59 Å². The molecule has 3 rings (SSSR count). The van der Waals surface area contributed by atoms with Crippen molar-refractivity contribution in [2.45, 2.75) is 0 Å². The van der Waals surface area contributed by atoms with Gasteiger partial charge in [0.25, 0.3) is 11.8 Å². The maximum Gasteiger partial charge on any atom is 0.369 e. The van der Waals surface area contributed by atoms with Gasteiger partial charge < -0.3 is 0 Å². The predicted molar refractivity (Wildman–Crippen MR) is 69.8 cm³/mol. The van der Waals surface area contributed by atoms with E-state index in [2.05, 4.69) is 17.5 Å². The first-order valence-electron chi connectivity index (χ1n) is 5.58. The molecular weight excluding hydrogens is 373 g/mol. The number of halogens is 1. The van der Waals surface area contributed by atoms with Crippen LogP contribution in [0.2, 0.25) is 0 Å². The highest BCUT2D eigenvalue weighted by Crippen LogP contribution is 2.17. The first-order chi connectivity index (χ1) is 9.24. The Bertz CT molecular complexity index is 629. The smallest absolute Gasteiger partial charge is 0.269 e. The van der Waals surface area contributed by atoms with E-state index in [0.29, 0.717) is 5.69 Å². The number of imide groups is 1. The lowest BCUT2D eigenvalue weighted by Gasteiger charge is -2.12. The van der Waals surface area contributed by atoms with Gasteiger partial charge in [0.2, 0.25) is 2.88 Å². The maximum absolute atomic E-state index is 11.6. The van der Waals surface area contributed by atoms with E-state index in [9.17, 15) is 9.59 Å². The Morgan fingerprint density at radius 1 is 0.947 bits per heavy atom. The summed E-state index contributed by atoms with van der Waals surface area (Å²) in [5.41, 5.74) is 0.638. The molecule has 5 heteroatoms. The Kier molecular flexibility index (Phi) is 3.48. The number of carbonyl (C=O) groups excluding carboxylic acids is 2. The van der Waals surface area contributed by atoms with Gasteiger partial charge in [0.1, 0.15) is 0 Å². The first-order valence-corrected chi connectivity index (χ1v) is 8.62. The van der Waals surface area contributed by atoms with Crippen LogP contribution in [-0.2, 0) is 9.59 Å². The molecule has 1 aromatic carbocycles. The van der Waals surface area contributed by atoms with Gasteiger partial charge >= 0.3 is 21.2 Å². The van der Waals surface area contributed by atoms with Crippen molar-refractivity contribution in [1.29, 1.82) is 0 Å². The Labute approximate surface area is 124 Å². The highest BCUT2D eigenvalue weighted by atomic mass is 127. The van der Waals surface area contributed by atoms with E-state index in [1.54, 1.807) is 11.3 Å². The van der Waals surface area contributed by atoms with Crippen LogP contribution < -0.4 is 26.1 Å². The van der Waals surface area contributed by atoms with E-state index in [1.165, 1.54) is 23.5 Å². The second-order valence-corrected chi connectivity index (χ2v) is 8.46. The summed E-state index contributed by atoms with van der Waals surface area (Å²) in [7, 11) is 0. The molecule has 19 heavy (non-hydrogen) atoms. The average Bonchev–Trinajstić information content (AvgIpc) is 3.02. The molecule has 3 nitrogen and oxygen atoms in total. The lowest BCUT2D eigenvalue weighted by molar-refractivity contribution is -0.591. The predicted octanol–water partition coefficient (Wildman–Crippen LogP) is -0.694. The Morgan fingerprint density at radius 2 is 1.63 bits per heavy atom. The van der Waals surface area contributed by atoms with Gasteiger partial charge in [-0.05, 0) is 35.7 Å². The van der Waals surface area contributed by atoms with Crippen LogP contribution in [0.15, 0.2) is 53.9 Å². The molecule has 94 valence electrons.